The van der Waals surface area contributed by atoms with Crippen molar-refractivity contribution in [3.63, 3.8) is 0 Å². The molecule has 0 N–H and O–H groups in total. The average Bonchev–Trinajstić information content (AvgIpc) is 2.97. The maximum absolute atomic E-state index is 12.8. The van der Waals surface area contributed by atoms with Gasteiger partial charge in [0, 0.05) is 0 Å². The molecule has 0 atom stereocenters. The number of hydrogen-bond acceptors (Lipinski definition) is 4. The first-order valence-electron chi connectivity index (χ1n) is 6.14. The summed E-state index contributed by atoms with van der Waals surface area (Å²) in [4.78, 5) is 12.5. The van der Waals surface area contributed by atoms with Crippen LogP contribution < -0.4 is 0 Å². The molecule has 5 nitrogen and oxygen atoms in total. The highest BCUT2D eigenvalue weighted by molar-refractivity contribution is 5.88. The third kappa shape index (κ3) is 2.87. The van der Waals surface area contributed by atoms with Gasteiger partial charge in [0.05, 0.1) is 12.6 Å². The number of carbonyl (C=O) groups excluding carboxylic acids is 1. The summed E-state index contributed by atoms with van der Waals surface area (Å²) >= 11 is 0. The molecule has 19 heavy (non-hydrogen) atoms. The predicted molar refractivity (Wildman–Crippen MR) is 58.5 cm³/mol. The van der Waals surface area contributed by atoms with Gasteiger partial charge in [-0.1, -0.05) is 12.8 Å². The van der Waals surface area contributed by atoms with Gasteiger partial charge >= 0.3 is 12.1 Å². The molecule has 1 aromatic heterocycles. The predicted octanol–water partition coefficient (Wildman–Crippen LogP) is 2.59. The molecule has 0 bridgehead atoms. The quantitative estimate of drug-likeness (QED) is 0.797. The van der Waals surface area contributed by atoms with Gasteiger partial charge in [-0.05, 0) is 19.8 Å². The Labute approximate surface area is 107 Å². The van der Waals surface area contributed by atoms with Crippen LogP contribution in [0.15, 0.2) is 0 Å². The summed E-state index contributed by atoms with van der Waals surface area (Å²) in [6, 6.07) is -0.163. The first kappa shape index (κ1) is 13.8. The van der Waals surface area contributed by atoms with Crippen LogP contribution in [-0.4, -0.2) is 27.6 Å². The third-order valence-electron chi connectivity index (χ3n) is 3.02. The number of carbonyl (C=O) groups is 1. The van der Waals surface area contributed by atoms with E-state index in [0.29, 0.717) is 0 Å². The Hall–Kier alpha value is -1.60. The molecular formula is C11H14F3N3O2. The topological polar surface area (TPSA) is 57.0 Å². The maximum atomic E-state index is 12.8. The van der Waals surface area contributed by atoms with Gasteiger partial charge in [0.2, 0.25) is 11.4 Å². The monoisotopic (exact) mass is 277 g/mol. The SMILES string of the molecule is CCOC(=O)c1nn(C2CCCC2)nc1C(F)(F)F. The molecule has 0 aromatic carbocycles. The second-order valence-electron chi connectivity index (χ2n) is 4.37. The fraction of sp³-hybridized carbons (Fsp3) is 0.727. The number of ether oxygens (including phenoxy) is 1. The Morgan fingerprint density at radius 3 is 2.53 bits per heavy atom. The van der Waals surface area contributed by atoms with Crippen molar-refractivity contribution in [1.29, 1.82) is 0 Å². The largest absolute Gasteiger partial charge is 0.461 e. The molecule has 8 heteroatoms. The number of hydrogen-bond donors (Lipinski definition) is 0. The van der Waals surface area contributed by atoms with Crippen molar-refractivity contribution in [2.24, 2.45) is 0 Å². The summed E-state index contributed by atoms with van der Waals surface area (Å²) in [5, 5.41) is 7.13. The molecule has 1 aliphatic carbocycles. The first-order chi connectivity index (χ1) is 8.93. The second kappa shape index (κ2) is 5.18. The van der Waals surface area contributed by atoms with Crippen molar-refractivity contribution in [2.75, 3.05) is 6.61 Å². The minimum absolute atomic E-state index is 0.00752. The number of alkyl halides is 3. The van der Waals surface area contributed by atoms with Crippen LogP contribution in [0.2, 0.25) is 0 Å². The fourth-order valence-corrected chi connectivity index (χ4v) is 2.15. The van der Waals surface area contributed by atoms with E-state index in [1.165, 1.54) is 6.92 Å². The Morgan fingerprint density at radius 1 is 1.37 bits per heavy atom. The van der Waals surface area contributed by atoms with Crippen LogP contribution in [0.3, 0.4) is 0 Å². The van der Waals surface area contributed by atoms with Crippen molar-refractivity contribution < 1.29 is 22.7 Å². The molecule has 1 saturated carbocycles. The van der Waals surface area contributed by atoms with Crippen molar-refractivity contribution in [3.8, 4) is 0 Å². The molecule has 0 amide bonds. The van der Waals surface area contributed by atoms with Crippen LogP contribution in [0.1, 0.15) is 54.8 Å². The van der Waals surface area contributed by atoms with Gasteiger partial charge < -0.3 is 4.74 Å². The van der Waals surface area contributed by atoms with Crippen LogP contribution >= 0.6 is 0 Å². The standard InChI is InChI=1S/C11H14F3N3O2/c1-2-19-10(18)8-9(11(12,13)14)16-17(15-8)7-5-3-4-6-7/h7H,2-6H2,1H3. The van der Waals surface area contributed by atoms with Gasteiger partial charge in [-0.25, -0.2) is 4.79 Å². The van der Waals surface area contributed by atoms with Crippen LogP contribution in [-0.2, 0) is 10.9 Å². The smallest absolute Gasteiger partial charge is 0.437 e. The van der Waals surface area contributed by atoms with Crippen LogP contribution in [0, 0.1) is 0 Å². The highest BCUT2D eigenvalue weighted by Gasteiger charge is 2.41. The normalized spacial score (nSPS) is 16.8. The van der Waals surface area contributed by atoms with E-state index in [1.54, 1.807) is 0 Å². The van der Waals surface area contributed by atoms with Crippen molar-refractivity contribution in [1.82, 2.24) is 15.0 Å². The molecular weight excluding hydrogens is 263 g/mol. The number of halogens is 3. The molecule has 0 spiro atoms. The molecule has 1 aromatic rings. The van der Waals surface area contributed by atoms with Crippen molar-refractivity contribution in [3.05, 3.63) is 11.4 Å². The van der Waals surface area contributed by atoms with E-state index in [-0.39, 0.29) is 12.6 Å². The van der Waals surface area contributed by atoms with E-state index < -0.39 is 23.5 Å². The van der Waals surface area contributed by atoms with E-state index in [2.05, 4.69) is 14.9 Å². The van der Waals surface area contributed by atoms with Crippen molar-refractivity contribution >= 4 is 5.97 Å². The molecule has 1 fully saturated rings. The van der Waals surface area contributed by atoms with Crippen molar-refractivity contribution in [2.45, 2.75) is 44.8 Å². The third-order valence-corrected chi connectivity index (χ3v) is 3.02. The van der Waals surface area contributed by atoms with Gasteiger partial charge in [0.1, 0.15) is 0 Å². The zero-order valence-electron chi connectivity index (χ0n) is 10.4. The number of aromatic nitrogens is 3. The summed E-state index contributed by atoms with van der Waals surface area (Å²) in [5.41, 5.74) is -2.01. The molecule has 0 saturated heterocycles. The lowest BCUT2D eigenvalue weighted by molar-refractivity contribution is -0.142. The number of nitrogens with zero attached hydrogens (tertiary/aromatic N) is 3. The van der Waals surface area contributed by atoms with E-state index in [4.69, 9.17) is 0 Å². The molecule has 1 heterocycles. The number of rotatable bonds is 3. The van der Waals surface area contributed by atoms with Gasteiger partial charge in [0.25, 0.3) is 0 Å². The second-order valence-corrected chi connectivity index (χ2v) is 4.37. The molecule has 106 valence electrons. The lowest BCUT2D eigenvalue weighted by atomic mass is 10.3. The highest BCUT2D eigenvalue weighted by Crippen LogP contribution is 2.33. The Bertz CT molecular complexity index is 464. The summed E-state index contributed by atoms with van der Waals surface area (Å²) in [7, 11) is 0. The lowest BCUT2D eigenvalue weighted by Crippen LogP contribution is -2.15. The molecule has 2 rings (SSSR count). The molecule has 0 radical (unpaired) electrons. The number of esters is 1. The molecule has 0 aliphatic heterocycles. The van der Waals surface area contributed by atoms with E-state index >= 15 is 0 Å². The molecule has 1 aliphatic rings. The summed E-state index contributed by atoms with van der Waals surface area (Å²) in [6.07, 6.45) is -1.38. The van der Waals surface area contributed by atoms with Gasteiger partial charge in [0.15, 0.2) is 0 Å². The first-order valence-corrected chi connectivity index (χ1v) is 6.14. The highest BCUT2D eigenvalue weighted by atomic mass is 19.4. The van der Waals surface area contributed by atoms with Gasteiger partial charge in [-0.3, -0.25) is 0 Å². The molecule has 0 unspecified atom stereocenters. The Balaban J connectivity index is 2.36. The summed E-state index contributed by atoms with van der Waals surface area (Å²) in [6.45, 7) is 1.51. The zero-order chi connectivity index (χ0) is 14.0. The maximum Gasteiger partial charge on any atom is 0.437 e. The fourth-order valence-electron chi connectivity index (χ4n) is 2.15. The summed E-state index contributed by atoms with van der Waals surface area (Å²) in [5.74, 6) is -1.08. The van der Waals surface area contributed by atoms with Gasteiger partial charge in [-0.2, -0.15) is 18.0 Å². The van der Waals surface area contributed by atoms with Crippen LogP contribution in [0.4, 0.5) is 13.2 Å². The van der Waals surface area contributed by atoms with E-state index in [0.717, 1.165) is 30.5 Å². The Morgan fingerprint density at radius 2 is 2.00 bits per heavy atom. The zero-order valence-corrected chi connectivity index (χ0v) is 10.4. The van der Waals surface area contributed by atoms with Crippen LogP contribution in [0.5, 0.6) is 0 Å². The van der Waals surface area contributed by atoms with E-state index in [1.807, 2.05) is 0 Å². The van der Waals surface area contributed by atoms with E-state index in [9.17, 15) is 18.0 Å². The minimum Gasteiger partial charge on any atom is -0.461 e. The van der Waals surface area contributed by atoms with Gasteiger partial charge in [-0.15, -0.1) is 10.2 Å². The average molecular weight is 277 g/mol. The van der Waals surface area contributed by atoms with Crippen LogP contribution in [0.25, 0.3) is 0 Å². The lowest BCUT2D eigenvalue weighted by Gasteiger charge is -2.06. The minimum atomic E-state index is -4.71. The summed E-state index contributed by atoms with van der Waals surface area (Å²) < 4.78 is 43.1. The Kier molecular flexibility index (Phi) is 3.77.